The van der Waals surface area contributed by atoms with E-state index in [2.05, 4.69) is 29.4 Å². The van der Waals surface area contributed by atoms with Crippen LogP contribution in [-0.2, 0) is 11.3 Å². The van der Waals surface area contributed by atoms with Gasteiger partial charge in [-0.1, -0.05) is 0 Å². The van der Waals surface area contributed by atoms with Crippen LogP contribution in [0.4, 0.5) is 0 Å². The van der Waals surface area contributed by atoms with Gasteiger partial charge in [-0.2, -0.15) is 0 Å². The Morgan fingerprint density at radius 3 is 2.93 bits per heavy atom. The lowest BCUT2D eigenvalue weighted by molar-refractivity contribution is 0.184. The summed E-state index contributed by atoms with van der Waals surface area (Å²) in [6.07, 6.45) is 0. The highest BCUT2D eigenvalue weighted by atomic mass is 32.1. The van der Waals surface area contributed by atoms with E-state index >= 15 is 0 Å². The number of methoxy groups -OCH3 is 1. The molecule has 0 atom stereocenters. The molecule has 0 unspecified atom stereocenters. The molecule has 0 saturated heterocycles. The van der Waals surface area contributed by atoms with Crippen molar-refractivity contribution in [2.75, 3.05) is 7.11 Å². The smallest absolute Gasteiger partial charge is 0.119 e. The Morgan fingerprint density at radius 1 is 1.43 bits per heavy atom. The van der Waals surface area contributed by atoms with Crippen molar-refractivity contribution in [1.29, 1.82) is 0 Å². The van der Waals surface area contributed by atoms with Gasteiger partial charge in [-0.25, -0.2) is 4.98 Å². The van der Waals surface area contributed by atoms with Crippen LogP contribution in [0.1, 0.15) is 9.88 Å². The summed E-state index contributed by atoms with van der Waals surface area (Å²) < 4.78 is 5.03. The van der Waals surface area contributed by atoms with Crippen molar-refractivity contribution < 1.29 is 4.74 Å². The number of hydrogen-bond donors (Lipinski definition) is 0. The molecule has 14 heavy (non-hydrogen) atoms. The van der Waals surface area contributed by atoms with Crippen LogP contribution < -0.4 is 0 Å². The first-order valence-corrected chi connectivity index (χ1v) is 5.99. The third-order valence-corrected chi connectivity index (χ3v) is 3.66. The Kier molecular flexibility index (Phi) is 2.96. The maximum Gasteiger partial charge on any atom is 0.119 e. The van der Waals surface area contributed by atoms with Crippen molar-refractivity contribution in [3.05, 3.63) is 27.4 Å². The van der Waals surface area contributed by atoms with Crippen LogP contribution >= 0.6 is 22.7 Å². The highest BCUT2D eigenvalue weighted by Crippen LogP contribution is 2.28. The van der Waals surface area contributed by atoms with Gasteiger partial charge in [-0.3, -0.25) is 0 Å². The van der Waals surface area contributed by atoms with Crippen LogP contribution in [0.25, 0.3) is 10.6 Å². The molecule has 2 rings (SSSR count). The fraction of sp³-hybridized carbons (Fsp3) is 0.300. The Morgan fingerprint density at radius 2 is 2.29 bits per heavy atom. The molecule has 0 spiro atoms. The van der Waals surface area contributed by atoms with E-state index in [-0.39, 0.29) is 0 Å². The zero-order chi connectivity index (χ0) is 9.97. The summed E-state index contributed by atoms with van der Waals surface area (Å²) >= 11 is 3.42. The first kappa shape index (κ1) is 9.83. The molecule has 0 N–H and O–H groups in total. The van der Waals surface area contributed by atoms with Gasteiger partial charge in [-0.05, 0) is 19.1 Å². The van der Waals surface area contributed by atoms with Crippen LogP contribution in [0.2, 0.25) is 0 Å². The van der Waals surface area contributed by atoms with Gasteiger partial charge in [0, 0.05) is 17.4 Å². The molecule has 2 heterocycles. The molecule has 0 saturated carbocycles. The van der Waals surface area contributed by atoms with Crippen molar-refractivity contribution in [1.82, 2.24) is 4.98 Å². The van der Waals surface area contributed by atoms with Gasteiger partial charge in [0.2, 0.25) is 0 Å². The number of nitrogens with zero attached hydrogens (tertiary/aromatic N) is 1. The van der Waals surface area contributed by atoms with E-state index in [0.29, 0.717) is 6.61 Å². The molecule has 0 aliphatic heterocycles. The predicted molar refractivity (Wildman–Crippen MR) is 60.9 cm³/mol. The lowest BCUT2D eigenvalue weighted by atomic mass is 10.4. The van der Waals surface area contributed by atoms with E-state index < -0.39 is 0 Å². The molecule has 0 fully saturated rings. The van der Waals surface area contributed by atoms with Gasteiger partial charge in [0.05, 0.1) is 17.2 Å². The number of rotatable bonds is 3. The second-order valence-electron chi connectivity index (χ2n) is 2.97. The SMILES string of the molecule is COCc1nc(-c2ccc(C)s2)cs1. The van der Waals surface area contributed by atoms with Gasteiger partial charge in [-0.15, -0.1) is 22.7 Å². The topological polar surface area (TPSA) is 22.1 Å². The van der Waals surface area contributed by atoms with E-state index in [1.54, 1.807) is 29.8 Å². The number of aryl methyl sites for hydroxylation is 1. The lowest BCUT2D eigenvalue weighted by Gasteiger charge is -1.90. The summed E-state index contributed by atoms with van der Waals surface area (Å²) in [5, 5.41) is 3.12. The van der Waals surface area contributed by atoms with E-state index in [1.807, 2.05) is 0 Å². The highest BCUT2D eigenvalue weighted by molar-refractivity contribution is 7.16. The number of thiazole rings is 1. The Bertz CT molecular complexity index is 419. The van der Waals surface area contributed by atoms with E-state index in [1.165, 1.54) is 9.75 Å². The number of thiophene rings is 1. The Balaban J connectivity index is 2.24. The van der Waals surface area contributed by atoms with Crippen LogP contribution in [0.15, 0.2) is 17.5 Å². The summed E-state index contributed by atoms with van der Waals surface area (Å²) in [5.41, 5.74) is 1.07. The number of hydrogen-bond acceptors (Lipinski definition) is 4. The van der Waals surface area contributed by atoms with E-state index in [0.717, 1.165) is 10.7 Å². The number of aromatic nitrogens is 1. The molecular weight excluding hydrogens is 214 g/mol. The average molecular weight is 225 g/mol. The van der Waals surface area contributed by atoms with Crippen molar-refractivity contribution in [2.24, 2.45) is 0 Å². The summed E-state index contributed by atoms with van der Waals surface area (Å²) in [5.74, 6) is 0. The van der Waals surface area contributed by atoms with Gasteiger partial charge < -0.3 is 4.74 Å². The fourth-order valence-electron chi connectivity index (χ4n) is 1.19. The number of ether oxygens (including phenoxy) is 1. The van der Waals surface area contributed by atoms with Crippen LogP contribution in [0, 0.1) is 6.92 Å². The standard InChI is InChI=1S/C10H11NOS2/c1-7-3-4-9(14-7)8-6-13-10(11-8)5-12-2/h3-4,6H,5H2,1-2H3. The molecule has 0 aromatic carbocycles. The quantitative estimate of drug-likeness (QED) is 0.799. The lowest BCUT2D eigenvalue weighted by Crippen LogP contribution is -1.84. The molecule has 74 valence electrons. The highest BCUT2D eigenvalue weighted by Gasteiger charge is 2.05. The van der Waals surface area contributed by atoms with Crippen LogP contribution in [0.3, 0.4) is 0 Å². The average Bonchev–Trinajstić information content (AvgIpc) is 2.74. The second kappa shape index (κ2) is 4.21. The Hall–Kier alpha value is -0.710. The van der Waals surface area contributed by atoms with Crippen molar-refractivity contribution in [3.8, 4) is 10.6 Å². The predicted octanol–water partition coefficient (Wildman–Crippen LogP) is 3.33. The first-order valence-electron chi connectivity index (χ1n) is 4.30. The summed E-state index contributed by atoms with van der Waals surface area (Å²) in [4.78, 5) is 7.05. The summed E-state index contributed by atoms with van der Waals surface area (Å²) in [7, 11) is 1.69. The molecule has 0 aliphatic carbocycles. The molecule has 4 heteroatoms. The van der Waals surface area contributed by atoms with E-state index in [4.69, 9.17) is 4.74 Å². The molecule has 0 aliphatic rings. The molecule has 0 amide bonds. The molecule has 2 aromatic rings. The first-order chi connectivity index (χ1) is 6.79. The third-order valence-electron chi connectivity index (χ3n) is 1.81. The van der Waals surface area contributed by atoms with Gasteiger partial charge in [0.25, 0.3) is 0 Å². The molecule has 0 bridgehead atoms. The third kappa shape index (κ3) is 2.03. The summed E-state index contributed by atoms with van der Waals surface area (Å²) in [6, 6.07) is 4.24. The normalized spacial score (nSPS) is 10.7. The molecular formula is C10H11NOS2. The van der Waals surface area contributed by atoms with Crippen molar-refractivity contribution >= 4 is 22.7 Å². The zero-order valence-electron chi connectivity index (χ0n) is 8.11. The van der Waals surface area contributed by atoms with Gasteiger partial charge in [0.15, 0.2) is 0 Å². The van der Waals surface area contributed by atoms with Gasteiger partial charge in [0.1, 0.15) is 5.01 Å². The van der Waals surface area contributed by atoms with Gasteiger partial charge >= 0.3 is 0 Å². The Labute approximate surface area is 91.2 Å². The molecule has 2 nitrogen and oxygen atoms in total. The fourth-order valence-corrected chi connectivity index (χ4v) is 2.85. The minimum Gasteiger partial charge on any atom is -0.378 e. The second-order valence-corrected chi connectivity index (χ2v) is 5.20. The molecule has 2 aromatic heterocycles. The van der Waals surface area contributed by atoms with E-state index in [9.17, 15) is 0 Å². The van der Waals surface area contributed by atoms with Crippen molar-refractivity contribution in [3.63, 3.8) is 0 Å². The minimum absolute atomic E-state index is 0.606. The summed E-state index contributed by atoms with van der Waals surface area (Å²) in [6.45, 7) is 2.71. The maximum absolute atomic E-state index is 5.03. The maximum atomic E-state index is 5.03. The van der Waals surface area contributed by atoms with Crippen LogP contribution in [0.5, 0.6) is 0 Å². The largest absolute Gasteiger partial charge is 0.378 e. The zero-order valence-corrected chi connectivity index (χ0v) is 9.74. The van der Waals surface area contributed by atoms with Crippen molar-refractivity contribution in [2.45, 2.75) is 13.5 Å². The van der Waals surface area contributed by atoms with Crippen LogP contribution in [-0.4, -0.2) is 12.1 Å². The minimum atomic E-state index is 0.606. The molecule has 0 radical (unpaired) electrons. The monoisotopic (exact) mass is 225 g/mol.